The molecule has 0 aromatic heterocycles. The summed E-state index contributed by atoms with van der Waals surface area (Å²) in [6.45, 7) is 5.18. The van der Waals surface area contributed by atoms with E-state index in [4.69, 9.17) is 14.2 Å². The van der Waals surface area contributed by atoms with Gasteiger partial charge in [0.15, 0.2) is 0 Å². The van der Waals surface area contributed by atoms with Gasteiger partial charge in [0.25, 0.3) is 0 Å². The number of carbonyl (C=O) groups is 2. The third-order valence-electron chi connectivity index (χ3n) is 8.10. The molecule has 1 fully saturated rings. The van der Waals surface area contributed by atoms with E-state index in [9.17, 15) is 9.59 Å². The second-order valence-corrected chi connectivity index (χ2v) is 11.8. The standard InChI is InChI=1S/C36H59NO5/c1-3-5-6-7-8-9-10-11-12-13-14-15-16-17-18-23-35(38)42-34-22-20-19-21-32(34)30-31-24-26-33(27-25-31)41-29-28-37-36(39)40-4-2/h11-12,24-27,32,34H,3-10,13-23,28-30H2,1-2H3,(H,37,39)/b12-11-/t32-,34+/m0/s1. The van der Waals surface area contributed by atoms with Gasteiger partial charge in [0.2, 0.25) is 0 Å². The van der Waals surface area contributed by atoms with E-state index in [1.807, 2.05) is 12.1 Å². The van der Waals surface area contributed by atoms with Gasteiger partial charge in [-0.1, -0.05) is 89.0 Å². The van der Waals surface area contributed by atoms with Crippen LogP contribution in [0.15, 0.2) is 36.4 Å². The van der Waals surface area contributed by atoms with E-state index >= 15 is 0 Å². The molecule has 0 unspecified atom stereocenters. The van der Waals surface area contributed by atoms with Crippen LogP contribution in [-0.2, 0) is 20.7 Å². The minimum atomic E-state index is -0.424. The van der Waals surface area contributed by atoms with Crippen LogP contribution in [0.2, 0.25) is 0 Å². The van der Waals surface area contributed by atoms with E-state index < -0.39 is 6.09 Å². The van der Waals surface area contributed by atoms with Crippen LogP contribution in [-0.4, -0.2) is 37.9 Å². The first-order chi connectivity index (χ1) is 20.6. The zero-order valence-electron chi connectivity index (χ0n) is 26.7. The zero-order valence-corrected chi connectivity index (χ0v) is 26.7. The molecule has 0 radical (unpaired) electrons. The van der Waals surface area contributed by atoms with Crippen LogP contribution in [0.25, 0.3) is 0 Å². The van der Waals surface area contributed by atoms with Crippen LogP contribution in [0.3, 0.4) is 0 Å². The third-order valence-corrected chi connectivity index (χ3v) is 8.10. The second-order valence-electron chi connectivity index (χ2n) is 11.8. The number of esters is 1. The minimum Gasteiger partial charge on any atom is -0.492 e. The van der Waals surface area contributed by atoms with Gasteiger partial charge in [0.05, 0.1) is 13.2 Å². The molecule has 1 saturated carbocycles. The van der Waals surface area contributed by atoms with E-state index in [0.29, 0.717) is 32.1 Å². The number of hydrogen-bond acceptors (Lipinski definition) is 5. The Bertz CT molecular complexity index is 853. The molecular weight excluding hydrogens is 526 g/mol. The van der Waals surface area contributed by atoms with Gasteiger partial charge < -0.3 is 19.5 Å². The smallest absolute Gasteiger partial charge is 0.407 e. The van der Waals surface area contributed by atoms with Crippen molar-refractivity contribution in [2.45, 2.75) is 142 Å². The van der Waals surface area contributed by atoms with E-state index in [1.54, 1.807) is 6.92 Å². The lowest BCUT2D eigenvalue weighted by molar-refractivity contribution is -0.153. The summed E-state index contributed by atoms with van der Waals surface area (Å²) in [5.74, 6) is 1.12. The van der Waals surface area contributed by atoms with Gasteiger partial charge in [-0.25, -0.2) is 4.79 Å². The van der Waals surface area contributed by atoms with E-state index in [0.717, 1.165) is 44.3 Å². The molecule has 2 atom stereocenters. The summed E-state index contributed by atoms with van der Waals surface area (Å²) in [4.78, 5) is 23.9. The molecule has 2 rings (SSSR count). The Morgan fingerprint density at radius 3 is 2.17 bits per heavy atom. The Morgan fingerprint density at radius 1 is 0.833 bits per heavy atom. The SMILES string of the molecule is CCCCCCCC/C=C\CCCCCCCC(=O)O[C@@H]1CCCC[C@H]1Cc1ccc(OCCNC(=O)OCC)cc1. The number of benzene rings is 1. The molecule has 6 heteroatoms. The lowest BCUT2D eigenvalue weighted by Gasteiger charge is -2.31. The molecule has 1 aliphatic rings. The van der Waals surface area contributed by atoms with Gasteiger partial charge in [-0.3, -0.25) is 4.79 Å². The summed E-state index contributed by atoms with van der Waals surface area (Å²) in [6, 6.07) is 8.12. The number of nitrogens with one attached hydrogen (secondary N) is 1. The molecule has 1 aromatic rings. The van der Waals surface area contributed by atoms with Crippen LogP contribution in [0, 0.1) is 5.92 Å². The van der Waals surface area contributed by atoms with Crippen LogP contribution in [0.5, 0.6) is 5.75 Å². The molecular formula is C36H59NO5. The van der Waals surface area contributed by atoms with Crippen molar-refractivity contribution in [3.8, 4) is 5.75 Å². The van der Waals surface area contributed by atoms with Gasteiger partial charge in [-0.2, -0.15) is 0 Å². The maximum Gasteiger partial charge on any atom is 0.407 e. The van der Waals surface area contributed by atoms with Gasteiger partial charge in [-0.05, 0) is 88.3 Å². The zero-order chi connectivity index (χ0) is 30.1. The monoisotopic (exact) mass is 585 g/mol. The highest BCUT2D eigenvalue weighted by atomic mass is 16.5. The Morgan fingerprint density at radius 2 is 1.48 bits per heavy atom. The van der Waals surface area contributed by atoms with Crippen molar-refractivity contribution in [3.63, 3.8) is 0 Å². The normalized spacial score (nSPS) is 16.8. The number of unbranched alkanes of at least 4 members (excludes halogenated alkanes) is 11. The molecule has 1 amide bonds. The Kier molecular flexibility index (Phi) is 20.4. The molecule has 0 aliphatic heterocycles. The van der Waals surface area contributed by atoms with Gasteiger partial charge in [0.1, 0.15) is 18.5 Å². The first kappa shape index (κ1) is 35.7. The van der Waals surface area contributed by atoms with Crippen molar-refractivity contribution in [1.82, 2.24) is 5.32 Å². The Balaban J connectivity index is 1.54. The van der Waals surface area contributed by atoms with E-state index in [-0.39, 0.29) is 12.1 Å². The van der Waals surface area contributed by atoms with Crippen molar-refractivity contribution in [3.05, 3.63) is 42.0 Å². The highest BCUT2D eigenvalue weighted by Gasteiger charge is 2.28. The summed E-state index contributed by atoms with van der Waals surface area (Å²) in [5, 5.41) is 2.65. The number of amides is 1. The number of ether oxygens (including phenoxy) is 3. The van der Waals surface area contributed by atoms with Crippen LogP contribution in [0.4, 0.5) is 4.79 Å². The fourth-order valence-corrected chi connectivity index (χ4v) is 5.66. The average Bonchev–Trinajstić information content (AvgIpc) is 2.99. The third kappa shape index (κ3) is 17.5. The molecule has 0 spiro atoms. The fourth-order valence-electron chi connectivity index (χ4n) is 5.66. The minimum absolute atomic E-state index is 0.0234. The summed E-state index contributed by atoms with van der Waals surface area (Å²) >= 11 is 0. The van der Waals surface area contributed by atoms with Crippen molar-refractivity contribution in [2.24, 2.45) is 5.92 Å². The predicted molar refractivity (Wildman–Crippen MR) is 172 cm³/mol. The number of allylic oxidation sites excluding steroid dienone is 2. The fraction of sp³-hybridized carbons (Fsp3) is 0.722. The van der Waals surface area contributed by atoms with Crippen molar-refractivity contribution in [2.75, 3.05) is 19.8 Å². The molecule has 0 bridgehead atoms. The lowest BCUT2D eigenvalue weighted by atomic mass is 9.82. The van der Waals surface area contributed by atoms with Crippen LogP contribution < -0.4 is 10.1 Å². The summed E-state index contributed by atoms with van der Waals surface area (Å²) in [7, 11) is 0. The van der Waals surface area contributed by atoms with Crippen LogP contribution in [0.1, 0.15) is 135 Å². The van der Waals surface area contributed by atoms with E-state index in [1.165, 1.54) is 82.6 Å². The average molecular weight is 586 g/mol. The quantitative estimate of drug-likeness (QED) is 0.0786. The van der Waals surface area contributed by atoms with Gasteiger partial charge in [-0.15, -0.1) is 0 Å². The van der Waals surface area contributed by atoms with Crippen molar-refractivity contribution in [1.29, 1.82) is 0 Å². The molecule has 1 aliphatic carbocycles. The first-order valence-electron chi connectivity index (χ1n) is 17.1. The van der Waals surface area contributed by atoms with Crippen LogP contribution >= 0.6 is 0 Å². The van der Waals surface area contributed by atoms with E-state index in [2.05, 4.69) is 36.5 Å². The number of carbonyl (C=O) groups excluding carboxylic acids is 2. The Labute approximate surface area is 256 Å². The van der Waals surface area contributed by atoms with Crippen molar-refractivity contribution < 1.29 is 23.8 Å². The maximum absolute atomic E-state index is 12.6. The summed E-state index contributed by atoms with van der Waals surface area (Å²) in [6.07, 6.45) is 26.5. The summed E-state index contributed by atoms with van der Waals surface area (Å²) < 4.78 is 16.6. The predicted octanol–water partition coefficient (Wildman–Crippen LogP) is 9.49. The van der Waals surface area contributed by atoms with Gasteiger partial charge >= 0.3 is 12.1 Å². The molecule has 1 N–H and O–H groups in total. The number of rotatable bonds is 23. The largest absolute Gasteiger partial charge is 0.492 e. The topological polar surface area (TPSA) is 73.9 Å². The Hall–Kier alpha value is -2.50. The molecule has 0 saturated heterocycles. The van der Waals surface area contributed by atoms with Gasteiger partial charge in [0, 0.05) is 6.42 Å². The number of alkyl carbamates (subject to hydrolysis) is 1. The molecule has 0 heterocycles. The molecule has 6 nitrogen and oxygen atoms in total. The molecule has 238 valence electrons. The number of hydrogen-bond donors (Lipinski definition) is 1. The lowest BCUT2D eigenvalue weighted by Crippen LogP contribution is -2.31. The highest BCUT2D eigenvalue weighted by Crippen LogP contribution is 2.30. The molecule has 1 aromatic carbocycles. The van der Waals surface area contributed by atoms with Crippen molar-refractivity contribution >= 4 is 12.1 Å². The highest BCUT2D eigenvalue weighted by molar-refractivity contribution is 5.69. The first-order valence-corrected chi connectivity index (χ1v) is 17.1. The summed E-state index contributed by atoms with van der Waals surface area (Å²) in [5.41, 5.74) is 1.23. The second kappa shape index (κ2) is 24.0. The maximum atomic E-state index is 12.6. The molecule has 42 heavy (non-hydrogen) atoms.